The summed E-state index contributed by atoms with van der Waals surface area (Å²) in [6, 6.07) is 11.5. The molecule has 0 aliphatic carbocycles. The Morgan fingerprint density at radius 2 is 2.00 bits per heavy atom. The van der Waals surface area contributed by atoms with Crippen LogP contribution in [0.5, 0.6) is 0 Å². The number of nitrogens with one attached hydrogen (secondary N) is 1. The molecule has 0 spiro atoms. The molecule has 1 aromatic carbocycles. The van der Waals surface area contributed by atoms with Crippen molar-refractivity contribution in [3.8, 4) is 5.82 Å². The fourth-order valence-electron chi connectivity index (χ4n) is 3.48. The zero-order chi connectivity index (χ0) is 20.5. The maximum absolute atomic E-state index is 14.0. The summed E-state index contributed by atoms with van der Waals surface area (Å²) in [5.74, 6) is -0.954. The summed E-state index contributed by atoms with van der Waals surface area (Å²) in [5.41, 5.74) is 2.58. The van der Waals surface area contributed by atoms with E-state index in [1.165, 1.54) is 17.0 Å². The number of nitrogens with zero attached hydrogens (tertiary/aromatic N) is 4. The number of anilines is 2. The monoisotopic (exact) mass is 393 g/mol. The van der Waals surface area contributed by atoms with Crippen LogP contribution >= 0.6 is 0 Å². The lowest BCUT2D eigenvalue weighted by molar-refractivity contribution is -0.122. The third kappa shape index (κ3) is 3.73. The van der Waals surface area contributed by atoms with E-state index in [1.807, 2.05) is 19.9 Å². The zero-order valence-electron chi connectivity index (χ0n) is 16.1. The van der Waals surface area contributed by atoms with E-state index in [0.29, 0.717) is 11.5 Å². The van der Waals surface area contributed by atoms with E-state index < -0.39 is 11.7 Å². The lowest BCUT2D eigenvalue weighted by Crippen LogP contribution is -2.28. The van der Waals surface area contributed by atoms with Crippen molar-refractivity contribution in [3.05, 3.63) is 65.9 Å². The van der Waals surface area contributed by atoms with Crippen molar-refractivity contribution in [1.29, 1.82) is 0 Å². The minimum atomic E-state index is -0.558. The Labute approximate surface area is 167 Å². The molecule has 0 bridgehead atoms. The summed E-state index contributed by atoms with van der Waals surface area (Å²) >= 11 is 0. The van der Waals surface area contributed by atoms with Crippen LogP contribution in [-0.2, 0) is 9.59 Å². The SMILES string of the molecule is Cc1cc(C)n(-c2ccc(NC(=O)C3CC(=O)N(c4ccccc4F)C3)cn2)n1. The van der Waals surface area contributed by atoms with Crippen molar-refractivity contribution in [3.63, 3.8) is 0 Å². The highest BCUT2D eigenvalue weighted by atomic mass is 19.1. The molecular formula is C21H20FN5O2. The maximum Gasteiger partial charge on any atom is 0.229 e. The largest absolute Gasteiger partial charge is 0.324 e. The summed E-state index contributed by atoms with van der Waals surface area (Å²) in [4.78, 5) is 30.6. The predicted molar refractivity (Wildman–Crippen MR) is 106 cm³/mol. The van der Waals surface area contributed by atoms with Gasteiger partial charge in [0.15, 0.2) is 5.82 Å². The van der Waals surface area contributed by atoms with Gasteiger partial charge in [-0.1, -0.05) is 12.1 Å². The molecule has 1 fully saturated rings. The number of benzene rings is 1. The average Bonchev–Trinajstić information content (AvgIpc) is 3.24. The number of hydrogen-bond donors (Lipinski definition) is 1. The lowest BCUT2D eigenvalue weighted by Gasteiger charge is -2.17. The number of rotatable bonds is 4. The lowest BCUT2D eigenvalue weighted by atomic mass is 10.1. The fraction of sp³-hybridized carbons (Fsp3) is 0.238. The van der Waals surface area contributed by atoms with Crippen LogP contribution in [0.3, 0.4) is 0 Å². The van der Waals surface area contributed by atoms with Gasteiger partial charge in [-0.25, -0.2) is 14.1 Å². The van der Waals surface area contributed by atoms with E-state index in [-0.39, 0.29) is 30.5 Å². The Kier molecular flexibility index (Phi) is 4.84. The van der Waals surface area contributed by atoms with Crippen LogP contribution in [0.15, 0.2) is 48.7 Å². The second kappa shape index (κ2) is 7.46. The van der Waals surface area contributed by atoms with Gasteiger partial charge in [0, 0.05) is 18.7 Å². The summed E-state index contributed by atoms with van der Waals surface area (Å²) in [5, 5.41) is 7.17. The van der Waals surface area contributed by atoms with Crippen molar-refractivity contribution in [2.45, 2.75) is 20.3 Å². The van der Waals surface area contributed by atoms with E-state index in [9.17, 15) is 14.0 Å². The van der Waals surface area contributed by atoms with Gasteiger partial charge in [-0.15, -0.1) is 0 Å². The first-order chi connectivity index (χ1) is 13.9. The van der Waals surface area contributed by atoms with Gasteiger partial charge in [-0.05, 0) is 44.2 Å². The first-order valence-corrected chi connectivity index (χ1v) is 9.28. The number of hydrogen-bond acceptors (Lipinski definition) is 4. The molecule has 148 valence electrons. The van der Waals surface area contributed by atoms with Gasteiger partial charge in [-0.2, -0.15) is 5.10 Å². The third-order valence-electron chi connectivity index (χ3n) is 4.88. The van der Waals surface area contributed by atoms with E-state index in [0.717, 1.165) is 11.4 Å². The van der Waals surface area contributed by atoms with Crippen molar-refractivity contribution < 1.29 is 14.0 Å². The van der Waals surface area contributed by atoms with E-state index in [1.54, 1.807) is 35.1 Å². The second-order valence-electron chi connectivity index (χ2n) is 7.09. The molecule has 1 aliphatic heterocycles. The average molecular weight is 393 g/mol. The number of aromatic nitrogens is 3. The number of amides is 2. The first-order valence-electron chi connectivity index (χ1n) is 9.28. The Morgan fingerprint density at radius 3 is 2.66 bits per heavy atom. The topological polar surface area (TPSA) is 80.1 Å². The standard InChI is InChI=1S/C21H20FN5O2/c1-13-9-14(2)27(25-13)19-8-7-16(11-23-19)24-21(29)15-10-20(28)26(12-15)18-6-4-3-5-17(18)22/h3-9,11,15H,10,12H2,1-2H3,(H,24,29). The molecule has 8 heteroatoms. The van der Waals surface area contributed by atoms with Gasteiger partial charge in [-0.3, -0.25) is 9.59 Å². The molecule has 1 aliphatic rings. The van der Waals surface area contributed by atoms with Crippen LogP contribution in [0.25, 0.3) is 5.82 Å². The first kappa shape index (κ1) is 18.8. The van der Waals surface area contributed by atoms with E-state index in [4.69, 9.17) is 0 Å². The Bertz CT molecular complexity index is 1080. The summed E-state index contributed by atoms with van der Waals surface area (Å²) in [6.45, 7) is 3.99. The summed E-state index contributed by atoms with van der Waals surface area (Å²) < 4.78 is 15.7. The van der Waals surface area contributed by atoms with Crippen LogP contribution < -0.4 is 10.2 Å². The number of carbonyl (C=O) groups excluding carboxylic acids is 2. The molecule has 1 N–H and O–H groups in total. The second-order valence-corrected chi connectivity index (χ2v) is 7.09. The predicted octanol–water partition coefficient (Wildman–Crippen LogP) is 3.01. The van der Waals surface area contributed by atoms with Gasteiger partial charge < -0.3 is 10.2 Å². The zero-order valence-corrected chi connectivity index (χ0v) is 16.1. The molecule has 2 amide bonds. The number of halogens is 1. The Hall–Kier alpha value is -3.55. The van der Waals surface area contributed by atoms with Gasteiger partial charge in [0.25, 0.3) is 0 Å². The van der Waals surface area contributed by atoms with Crippen molar-refractivity contribution >= 4 is 23.2 Å². The van der Waals surface area contributed by atoms with Crippen LogP contribution in [0.1, 0.15) is 17.8 Å². The Morgan fingerprint density at radius 1 is 1.21 bits per heavy atom. The van der Waals surface area contributed by atoms with Crippen molar-refractivity contribution in [2.75, 3.05) is 16.8 Å². The summed E-state index contributed by atoms with van der Waals surface area (Å²) in [6.07, 6.45) is 1.59. The molecule has 3 aromatic rings. The van der Waals surface area contributed by atoms with Crippen LogP contribution in [0.4, 0.5) is 15.8 Å². The number of carbonyl (C=O) groups is 2. The molecule has 1 unspecified atom stereocenters. The summed E-state index contributed by atoms with van der Waals surface area (Å²) in [7, 11) is 0. The highest BCUT2D eigenvalue weighted by Crippen LogP contribution is 2.28. The quantitative estimate of drug-likeness (QED) is 0.739. The van der Waals surface area contributed by atoms with E-state index >= 15 is 0 Å². The molecule has 1 saturated heterocycles. The third-order valence-corrected chi connectivity index (χ3v) is 4.88. The van der Waals surface area contributed by atoms with E-state index in [2.05, 4.69) is 15.4 Å². The fourth-order valence-corrected chi connectivity index (χ4v) is 3.48. The molecule has 3 heterocycles. The number of aryl methyl sites for hydroxylation is 2. The highest BCUT2D eigenvalue weighted by molar-refractivity contribution is 6.03. The maximum atomic E-state index is 14.0. The van der Waals surface area contributed by atoms with Gasteiger partial charge in [0.1, 0.15) is 5.82 Å². The minimum Gasteiger partial charge on any atom is -0.324 e. The molecule has 0 saturated carbocycles. The number of para-hydroxylation sites is 1. The minimum absolute atomic E-state index is 0.0391. The van der Waals surface area contributed by atoms with Crippen LogP contribution in [-0.4, -0.2) is 33.1 Å². The molecule has 29 heavy (non-hydrogen) atoms. The molecule has 1 atom stereocenters. The Balaban J connectivity index is 1.44. The molecule has 4 rings (SSSR count). The van der Waals surface area contributed by atoms with Gasteiger partial charge in [0.2, 0.25) is 11.8 Å². The molecule has 7 nitrogen and oxygen atoms in total. The molecular weight excluding hydrogens is 373 g/mol. The van der Waals surface area contributed by atoms with Gasteiger partial charge in [0.05, 0.1) is 29.2 Å². The van der Waals surface area contributed by atoms with Crippen molar-refractivity contribution in [2.24, 2.45) is 5.92 Å². The van der Waals surface area contributed by atoms with Crippen LogP contribution in [0.2, 0.25) is 0 Å². The normalized spacial score (nSPS) is 16.3. The van der Waals surface area contributed by atoms with Crippen LogP contribution in [0, 0.1) is 25.6 Å². The molecule has 2 aromatic heterocycles. The number of pyridine rings is 1. The van der Waals surface area contributed by atoms with Gasteiger partial charge >= 0.3 is 0 Å². The smallest absolute Gasteiger partial charge is 0.229 e. The highest BCUT2D eigenvalue weighted by Gasteiger charge is 2.36. The molecule has 0 radical (unpaired) electrons. The van der Waals surface area contributed by atoms with Crippen molar-refractivity contribution in [1.82, 2.24) is 14.8 Å².